The van der Waals surface area contributed by atoms with E-state index >= 15 is 0 Å². The maximum Gasteiger partial charge on any atom is 0.328 e. The summed E-state index contributed by atoms with van der Waals surface area (Å²) in [6.07, 6.45) is 0.469. The summed E-state index contributed by atoms with van der Waals surface area (Å²) >= 11 is 0. The Morgan fingerprint density at radius 2 is 1.74 bits per heavy atom. The number of aliphatic hydroxyl groups excluding tert-OH is 1. The van der Waals surface area contributed by atoms with Gasteiger partial charge in [-0.1, -0.05) is 30.3 Å². The van der Waals surface area contributed by atoms with Gasteiger partial charge in [0.1, 0.15) is 18.1 Å². The highest BCUT2D eigenvalue weighted by molar-refractivity contribution is 5.94. The first-order chi connectivity index (χ1) is 16.1. The van der Waals surface area contributed by atoms with Crippen molar-refractivity contribution >= 4 is 29.7 Å². The quantitative estimate of drug-likeness (QED) is 0.206. The van der Waals surface area contributed by atoms with Gasteiger partial charge in [0.2, 0.25) is 17.7 Å². The summed E-state index contributed by atoms with van der Waals surface area (Å²) in [5.74, 6) is -4.46. The van der Waals surface area contributed by atoms with Crippen LogP contribution in [0.4, 0.5) is 0 Å². The van der Waals surface area contributed by atoms with Crippen LogP contribution in [0.1, 0.15) is 31.2 Å². The lowest BCUT2D eigenvalue weighted by atomic mass is 10.0. The van der Waals surface area contributed by atoms with Gasteiger partial charge >= 0.3 is 11.9 Å². The number of carbonyl (C=O) groups excluding carboxylic acids is 3. The van der Waals surface area contributed by atoms with E-state index in [1.165, 1.54) is 4.90 Å². The van der Waals surface area contributed by atoms with Crippen LogP contribution in [0.5, 0.6) is 0 Å². The van der Waals surface area contributed by atoms with E-state index in [0.717, 1.165) is 5.56 Å². The standard InChI is InChI=1S/C22H30N4O8/c23-14(8-9-18(28)29)19(30)24-15(11-13-5-2-1-3-6-13)21(32)26-10-4-7-17(26)20(31)25-16(12-27)22(33)34/h1-3,5-6,14-17,27H,4,7-12,23H2,(H,24,30)(H,25,31)(H,28,29)(H,33,34). The number of hydrogen-bond acceptors (Lipinski definition) is 7. The number of likely N-dealkylation sites (tertiary alicyclic amines) is 1. The number of hydrogen-bond donors (Lipinski definition) is 6. The molecular formula is C22H30N4O8. The Morgan fingerprint density at radius 3 is 2.32 bits per heavy atom. The number of benzene rings is 1. The zero-order chi connectivity index (χ0) is 25.3. The number of nitrogens with zero attached hydrogens (tertiary/aromatic N) is 1. The average molecular weight is 479 g/mol. The number of amides is 3. The Labute approximate surface area is 196 Å². The summed E-state index contributed by atoms with van der Waals surface area (Å²) in [6, 6.07) is 4.19. The van der Waals surface area contributed by atoms with E-state index in [1.54, 1.807) is 30.3 Å². The van der Waals surface area contributed by atoms with Crippen LogP contribution in [0.15, 0.2) is 30.3 Å². The number of carboxylic acids is 2. The molecule has 34 heavy (non-hydrogen) atoms. The second kappa shape index (κ2) is 12.7. The Kier molecular flexibility index (Phi) is 9.95. The molecule has 1 aliphatic heterocycles. The van der Waals surface area contributed by atoms with Crippen molar-refractivity contribution in [3.8, 4) is 0 Å². The number of carbonyl (C=O) groups is 5. The van der Waals surface area contributed by atoms with Gasteiger partial charge in [-0.3, -0.25) is 19.2 Å². The molecule has 186 valence electrons. The van der Waals surface area contributed by atoms with Crippen LogP contribution in [0.2, 0.25) is 0 Å². The maximum absolute atomic E-state index is 13.4. The summed E-state index contributed by atoms with van der Waals surface area (Å²) in [5, 5.41) is 31.9. The molecule has 7 N–H and O–H groups in total. The van der Waals surface area contributed by atoms with E-state index in [4.69, 9.17) is 15.9 Å². The monoisotopic (exact) mass is 478 g/mol. The highest BCUT2D eigenvalue weighted by Crippen LogP contribution is 2.20. The zero-order valence-corrected chi connectivity index (χ0v) is 18.6. The van der Waals surface area contributed by atoms with Crippen molar-refractivity contribution < 1.29 is 39.3 Å². The normalized spacial score (nSPS) is 17.9. The van der Waals surface area contributed by atoms with Crippen LogP contribution in [0.3, 0.4) is 0 Å². The van der Waals surface area contributed by atoms with Gasteiger partial charge in [-0.05, 0) is 24.8 Å². The molecule has 0 aliphatic carbocycles. The summed E-state index contributed by atoms with van der Waals surface area (Å²) < 4.78 is 0. The van der Waals surface area contributed by atoms with Crippen molar-refractivity contribution in [1.29, 1.82) is 0 Å². The third-order valence-corrected chi connectivity index (χ3v) is 5.54. The Bertz CT molecular complexity index is 894. The van der Waals surface area contributed by atoms with Gasteiger partial charge in [-0.25, -0.2) is 4.79 Å². The fourth-order valence-corrected chi connectivity index (χ4v) is 3.70. The predicted molar refractivity (Wildman–Crippen MR) is 118 cm³/mol. The largest absolute Gasteiger partial charge is 0.481 e. The second-order valence-electron chi connectivity index (χ2n) is 8.06. The molecule has 12 nitrogen and oxygen atoms in total. The van der Waals surface area contributed by atoms with Gasteiger partial charge in [-0.2, -0.15) is 0 Å². The summed E-state index contributed by atoms with van der Waals surface area (Å²) in [7, 11) is 0. The van der Waals surface area contributed by atoms with E-state index in [0.29, 0.717) is 12.8 Å². The molecule has 0 aromatic heterocycles. The lowest BCUT2D eigenvalue weighted by Crippen LogP contribution is -2.57. The predicted octanol–water partition coefficient (Wildman–Crippen LogP) is -1.54. The van der Waals surface area contributed by atoms with Gasteiger partial charge in [0, 0.05) is 19.4 Å². The summed E-state index contributed by atoms with van der Waals surface area (Å²) in [5.41, 5.74) is 6.53. The van der Waals surface area contributed by atoms with Crippen LogP contribution in [-0.4, -0.2) is 87.2 Å². The molecule has 1 saturated heterocycles. The van der Waals surface area contributed by atoms with Crippen molar-refractivity contribution in [3.05, 3.63) is 35.9 Å². The molecule has 0 radical (unpaired) electrons. The Hall–Kier alpha value is -3.51. The van der Waals surface area contributed by atoms with Crippen LogP contribution in [0.25, 0.3) is 0 Å². The van der Waals surface area contributed by atoms with Crippen molar-refractivity contribution in [2.75, 3.05) is 13.2 Å². The van der Waals surface area contributed by atoms with E-state index < -0.39 is 60.4 Å². The highest BCUT2D eigenvalue weighted by atomic mass is 16.4. The fraction of sp³-hybridized carbons (Fsp3) is 0.500. The molecule has 4 atom stereocenters. The number of aliphatic hydroxyl groups is 1. The van der Waals surface area contributed by atoms with Crippen LogP contribution >= 0.6 is 0 Å². The lowest BCUT2D eigenvalue weighted by molar-refractivity contribution is -0.145. The fourth-order valence-electron chi connectivity index (χ4n) is 3.70. The molecule has 1 aliphatic rings. The first kappa shape index (κ1) is 26.7. The molecule has 0 bridgehead atoms. The molecule has 12 heteroatoms. The average Bonchev–Trinajstić information content (AvgIpc) is 3.30. The minimum Gasteiger partial charge on any atom is -0.481 e. The van der Waals surface area contributed by atoms with Gasteiger partial charge < -0.3 is 36.6 Å². The van der Waals surface area contributed by atoms with Crippen molar-refractivity contribution in [1.82, 2.24) is 15.5 Å². The number of aliphatic carboxylic acids is 2. The maximum atomic E-state index is 13.4. The molecule has 0 saturated carbocycles. The zero-order valence-electron chi connectivity index (χ0n) is 18.6. The Balaban J connectivity index is 2.18. The third kappa shape index (κ3) is 7.52. The number of nitrogens with two attached hydrogens (primary N) is 1. The topological polar surface area (TPSA) is 199 Å². The van der Waals surface area contributed by atoms with E-state index in [9.17, 15) is 29.1 Å². The second-order valence-corrected chi connectivity index (χ2v) is 8.06. The van der Waals surface area contributed by atoms with E-state index in [2.05, 4.69) is 10.6 Å². The van der Waals surface area contributed by atoms with Crippen LogP contribution in [-0.2, 0) is 30.4 Å². The SMILES string of the molecule is NC(CCC(=O)O)C(=O)NC(Cc1ccccc1)C(=O)N1CCCC1C(=O)NC(CO)C(=O)O. The van der Waals surface area contributed by atoms with E-state index in [-0.39, 0.29) is 25.8 Å². The number of carboxylic acid groups (broad SMARTS) is 2. The molecule has 2 rings (SSSR count). The van der Waals surface area contributed by atoms with E-state index in [1.807, 2.05) is 0 Å². The smallest absolute Gasteiger partial charge is 0.328 e. The lowest BCUT2D eigenvalue weighted by Gasteiger charge is -2.30. The van der Waals surface area contributed by atoms with Crippen molar-refractivity contribution in [2.45, 2.75) is 56.3 Å². The minimum absolute atomic E-state index is 0.107. The van der Waals surface area contributed by atoms with Crippen LogP contribution < -0.4 is 16.4 Å². The molecule has 3 amide bonds. The molecular weight excluding hydrogens is 448 g/mol. The Morgan fingerprint density at radius 1 is 1.06 bits per heavy atom. The molecule has 1 heterocycles. The molecule has 1 aromatic carbocycles. The summed E-state index contributed by atoms with van der Waals surface area (Å²) in [6.45, 7) is -0.581. The number of nitrogens with one attached hydrogen (secondary N) is 2. The van der Waals surface area contributed by atoms with Gasteiger partial charge in [0.25, 0.3) is 0 Å². The van der Waals surface area contributed by atoms with Gasteiger partial charge in [0.05, 0.1) is 12.6 Å². The van der Waals surface area contributed by atoms with Gasteiger partial charge in [0.15, 0.2) is 0 Å². The van der Waals surface area contributed by atoms with Crippen LogP contribution in [0, 0.1) is 0 Å². The first-order valence-corrected chi connectivity index (χ1v) is 10.9. The summed E-state index contributed by atoms with van der Waals surface area (Å²) in [4.78, 5) is 61.8. The van der Waals surface area contributed by atoms with Gasteiger partial charge in [-0.15, -0.1) is 0 Å². The highest BCUT2D eigenvalue weighted by Gasteiger charge is 2.39. The third-order valence-electron chi connectivity index (χ3n) is 5.54. The molecule has 1 fully saturated rings. The van der Waals surface area contributed by atoms with Crippen molar-refractivity contribution in [2.24, 2.45) is 5.73 Å². The molecule has 1 aromatic rings. The first-order valence-electron chi connectivity index (χ1n) is 10.9. The number of rotatable bonds is 12. The minimum atomic E-state index is -1.50. The molecule has 4 unspecified atom stereocenters. The molecule has 0 spiro atoms. The van der Waals surface area contributed by atoms with Crippen molar-refractivity contribution in [3.63, 3.8) is 0 Å².